The van der Waals surface area contributed by atoms with Gasteiger partial charge in [0.1, 0.15) is 5.75 Å². The van der Waals surface area contributed by atoms with Gasteiger partial charge in [-0.1, -0.05) is 12.1 Å². The first kappa shape index (κ1) is 10.3. The highest BCUT2D eigenvalue weighted by Gasteiger charge is 1.97. The molecule has 0 saturated heterocycles. The number of nitrogens with two attached hydrogens (primary N) is 1. The molecule has 0 aliphatic rings. The predicted octanol–water partition coefficient (Wildman–Crippen LogP) is 2.25. The first-order valence-corrected chi connectivity index (χ1v) is 4.39. The molecular weight excluding hydrogens is 176 g/mol. The summed E-state index contributed by atoms with van der Waals surface area (Å²) in [6.45, 7) is 1.91. The molecule has 74 valence electrons. The van der Waals surface area contributed by atoms with Gasteiger partial charge in [-0.15, -0.1) is 0 Å². The molecule has 0 heterocycles. The van der Waals surface area contributed by atoms with E-state index in [1.165, 1.54) is 0 Å². The van der Waals surface area contributed by atoms with Crippen molar-refractivity contribution in [2.45, 2.75) is 6.92 Å². The third kappa shape index (κ3) is 2.94. The van der Waals surface area contributed by atoms with Gasteiger partial charge in [0.25, 0.3) is 0 Å². The molecule has 1 aromatic rings. The van der Waals surface area contributed by atoms with E-state index in [9.17, 15) is 0 Å². The highest BCUT2D eigenvalue weighted by molar-refractivity contribution is 5.89. The molecule has 0 aromatic heterocycles. The summed E-state index contributed by atoms with van der Waals surface area (Å²) in [4.78, 5) is 3.97. The zero-order valence-corrected chi connectivity index (χ0v) is 8.40. The molecule has 0 saturated carbocycles. The third-order valence-corrected chi connectivity index (χ3v) is 1.61. The van der Waals surface area contributed by atoms with Gasteiger partial charge in [-0.25, -0.2) is 0 Å². The van der Waals surface area contributed by atoms with E-state index in [-0.39, 0.29) is 0 Å². The van der Waals surface area contributed by atoms with Gasteiger partial charge < -0.3 is 10.5 Å². The highest BCUT2D eigenvalue weighted by Crippen LogP contribution is 2.14. The largest absolute Gasteiger partial charge is 0.439 e. The van der Waals surface area contributed by atoms with E-state index in [4.69, 9.17) is 10.5 Å². The van der Waals surface area contributed by atoms with Gasteiger partial charge in [0.2, 0.25) is 5.90 Å². The molecule has 1 rings (SSSR count). The third-order valence-electron chi connectivity index (χ3n) is 1.61. The minimum Gasteiger partial charge on any atom is -0.439 e. The van der Waals surface area contributed by atoms with Gasteiger partial charge in [0, 0.05) is 18.8 Å². The van der Waals surface area contributed by atoms with Crippen LogP contribution < -0.4 is 10.5 Å². The van der Waals surface area contributed by atoms with Crippen LogP contribution in [0, 0.1) is 0 Å². The van der Waals surface area contributed by atoms with Crippen LogP contribution in [0.1, 0.15) is 6.92 Å². The van der Waals surface area contributed by atoms with Crippen LogP contribution in [0.5, 0.6) is 5.75 Å². The average Bonchev–Trinajstić information content (AvgIpc) is 2.17. The zero-order valence-electron chi connectivity index (χ0n) is 8.40. The number of aliphatic imine (C=N–C) groups is 1. The Morgan fingerprint density at radius 1 is 1.50 bits per heavy atom. The van der Waals surface area contributed by atoms with Gasteiger partial charge >= 0.3 is 0 Å². The van der Waals surface area contributed by atoms with Crippen molar-refractivity contribution in [3.05, 3.63) is 36.4 Å². The van der Waals surface area contributed by atoms with Crippen molar-refractivity contribution >= 4 is 11.6 Å². The molecule has 0 spiro atoms. The molecule has 0 unspecified atom stereocenters. The van der Waals surface area contributed by atoms with Gasteiger partial charge in [-0.05, 0) is 25.1 Å². The number of anilines is 1. The van der Waals surface area contributed by atoms with E-state index >= 15 is 0 Å². The molecule has 0 aliphatic carbocycles. The Hall–Kier alpha value is -1.77. The molecule has 0 amide bonds. The second-order valence-corrected chi connectivity index (χ2v) is 2.74. The van der Waals surface area contributed by atoms with Gasteiger partial charge in [-0.3, -0.25) is 4.99 Å². The Labute approximate surface area is 83.9 Å². The fraction of sp³-hybridized carbons (Fsp3) is 0.182. The van der Waals surface area contributed by atoms with Crippen LogP contribution in [0.3, 0.4) is 0 Å². The smallest absolute Gasteiger partial charge is 0.214 e. The lowest BCUT2D eigenvalue weighted by atomic mass is 10.3. The molecule has 14 heavy (non-hydrogen) atoms. The number of benzene rings is 1. The lowest BCUT2D eigenvalue weighted by Crippen LogP contribution is -2.04. The second kappa shape index (κ2) is 5.07. The van der Waals surface area contributed by atoms with E-state index < -0.39 is 0 Å². The number of hydrogen-bond acceptors (Lipinski definition) is 3. The molecule has 0 bridgehead atoms. The van der Waals surface area contributed by atoms with Crippen LogP contribution in [-0.2, 0) is 0 Å². The maximum Gasteiger partial charge on any atom is 0.214 e. The first-order chi connectivity index (χ1) is 6.76. The molecular formula is C11H14N2O. The van der Waals surface area contributed by atoms with E-state index in [1.54, 1.807) is 19.2 Å². The van der Waals surface area contributed by atoms with Gasteiger partial charge in [-0.2, -0.15) is 0 Å². The first-order valence-electron chi connectivity index (χ1n) is 4.39. The highest BCUT2D eigenvalue weighted by atomic mass is 16.5. The van der Waals surface area contributed by atoms with Crippen LogP contribution in [0.2, 0.25) is 0 Å². The molecule has 0 radical (unpaired) electrons. The van der Waals surface area contributed by atoms with Crippen LogP contribution in [0.15, 0.2) is 41.4 Å². The maximum absolute atomic E-state index is 5.61. The van der Waals surface area contributed by atoms with E-state index in [1.807, 2.05) is 31.2 Å². The summed E-state index contributed by atoms with van der Waals surface area (Å²) in [6.07, 6.45) is 3.66. The van der Waals surface area contributed by atoms with Gasteiger partial charge in [0.05, 0.1) is 0 Å². The zero-order chi connectivity index (χ0) is 10.4. The SMILES string of the molecule is C/C=C\C(=NC)Oc1cccc(N)c1. The molecule has 0 fully saturated rings. The fourth-order valence-electron chi connectivity index (χ4n) is 0.996. The van der Waals surface area contributed by atoms with Crippen molar-refractivity contribution in [3.63, 3.8) is 0 Å². The monoisotopic (exact) mass is 190 g/mol. The summed E-state index contributed by atoms with van der Waals surface area (Å²) in [5.74, 6) is 1.27. The summed E-state index contributed by atoms with van der Waals surface area (Å²) in [5.41, 5.74) is 6.29. The van der Waals surface area contributed by atoms with Crippen molar-refractivity contribution in [2.24, 2.45) is 4.99 Å². The number of nitrogens with zero attached hydrogens (tertiary/aromatic N) is 1. The van der Waals surface area contributed by atoms with Crippen LogP contribution in [-0.4, -0.2) is 12.9 Å². The summed E-state index contributed by atoms with van der Waals surface area (Å²) < 4.78 is 5.47. The molecule has 1 aromatic carbocycles. The predicted molar refractivity (Wildman–Crippen MR) is 59.7 cm³/mol. The fourth-order valence-corrected chi connectivity index (χ4v) is 0.996. The Morgan fingerprint density at radius 2 is 2.29 bits per heavy atom. The second-order valence-electron chi connectivity index (χ2n) is 2.74. The summed E-state index contributed by atoms with van der Waals surface area (Å²) in [5, 5.41) is 0. The topological polar surface area (TPSA) is 47.6 Å². The Morgan fingerprint density at radius 3 is 2.86 bits per heavy atom. The minimum atomic E-state index is 0.568. The van der Waals surface area contributed by atoms with Crippen LogP contribution in [0.25, 0.3) is 0 Å². The molecule has 0 aliphatic heterocycles. The van der Waals surface area contributed by atoms with Gasteiger partial charge in [0.15, 0.2) is 0 Å². The number of allylic oxidation sites excluding steroid dienone is 1. The standard InChI is InChI=1S/C11H14N2O/c1-3-5-11(13-2)14-10-7-4-6-9(12)8-10/h3-8H,12H2,1-2H3/b5-3-,13-11?. The Kier molecular flexibility index (Phi) is 3.73. The summed E-state index contributed by atoms with van der Waals surface area (Å²) in [7, 11) is 1.68. The van der Waals surface area contributed by atoms with Crippen molar-refractivity contribution < 1.29 is 4.74 Å². The normalized spacial score (nSPS) is 12.0. The van der Waals surface area contributed by atoms with E-state index in [2.05, 4.69) is 4.99 Å². The van der Waals surface area contributed by atoms with Crippen LogP contribution >= 0.6 is 0 Å². The lowest BCUT2D eigenvalue weighted by Gasteiger charge is -2.04. The van der Waals surface area contributed by atoms with E-state index in [0.29, 0.717) is 17.3 Å². The van der Waals surface area contributed by atoms with Crippen LogP contribution in [0.4, 0.5) is 5.69 Å². The summed E-state index contributed by atoms with van der Waals surface area (Å²) >= 11 is 0. The number of ether oxygens (including phenoxy) is 1. The van der Waals surface area contributed by atoms with Crippen molar-refractivity contribution in [1.82, 2.24) is 0 Å². The Balaban J connectivity index is 2.77. The van der Waals surface area contributed by atoms with Crippen molar-refractivity contribution in [1.29, 1.82) is 0 Å². The van der Waals surface area contributed by atoms with Crippen molar-refractivity contribution in [2.75, 3.05) is 12.8 Å². The molecule has 0 atom stereocenters. The molecule has 2 N–H and O–H groups in total. The lowest BCUT2D eigenvalue weighted by molar-refractivity contribution is 0.554. The summed E-state index contributed by atoms with van der Waals surface area (Å²) in [6, 6.07) is 7.25. The Bertz CT molecular complexity index is 356. The minimum absolute atomic E-state index is 0.568. The maximum atomic E-state index is 5.61. The average molecular weight is 190 g/mol. The quantitative estimate of drug-likeness (QED) is 0.441. The number of rotatable bonds is 2. The van der Waals surface area contributed by atoms with E-state index in [0.717, 1.165) is 0 Å². The molecule has 3 nitrogen and oxygen atoms in total. The molecule has 3 heteroatoms. The number of hydrogen-bond donors (Lipinski definition) is 1. The van der Waals surface area contributed by atoms with Crippen molar-refractivity contribution in [3.8, 4) is 5.75 Å². The number of nitrogen functional groups attached to an aromatic ring is 1.